The first-order valence-corrected chi connectivity index (χ1v) is 9.98. The average molecular weight is 444 g/mol. The molecule has 0 spiro atoms. The molecule has 0 saturated heterocycles. The van der Waals surface area contributed by atoms with Gasteiger partial charge in [-0.05, 0) is 42.5 Å². The van der Waals surface area contributed by atoms with Gasteiger partial charge in [-0.1, -0.05) is 28.7 Å². The number of nitro groups is 1. The largest absolute Gasteiger partial charge is 0.324 e. The molecule has 2 aromatic heterocycles. The Kier molecular flexibility index (Phi) is 5.29. The van der Waals surface area contributed by atoms with Crippen molar-refractivity contribution in [3.63, 3.8) is 0 Å². The third-order valence-electron chi connectivity index (χ3n) is 3.88. The smallest absolute Gasteiger partial charge is 0.267 e. The number of hydrogen-bond acceptors (Lipinski definition) is 7. The lowest BCUT2D eigenvalue weighted by Gasteiger charge is -2.13. The quantitative estimate of drug-likeness (QED) is 0.240. The van der Waals surface area contributed by atoms with E-state index in [1.165, 1.54) is 54.7 Å². The van der Waals surface area contributed by atoms with Gasteiger partial charge in [0.15, 0.2) is 0 Å². The summed E-state index contributed by atoms with van der Waals surface area (Å²) in [7, 11) is 0. The molecule has 0 bridgehead atoms. The summed E-state index contributed by atoms with van der Waals surface area (Å²) < 4.78 is 27.6. The molecular weight excluding hydrogens is 434 g/mol. The van der Waals surface area contributed by atoms with Crippen LogP contribution in [0.2, 0.25) is 0 Å². The maximum Gasteiger partial charge on any atom is 0.324 e. The lowest BCUT2D eigenvalue weighted by Crippen LogP contribution is -2.25. The van der Waals surface area contributed by atoms with Crippen LogP contribution >= 0.6 is 22.7 Å². The van der Waals surface area contributed by atoms with Gasteiger partial charge in [0.25, 0.3) is 5.91 Å². The summed E-state index contributed by atoms with van der Waals surface area (Å²) in [5.41, 5.74) is 0.505. The number of carbonyl (C=O) groups excluding carboxylic acids is 1. The standard InChI is InChI=1S/C19H10F2N4O3S2/c20-12-3-1-2-11(8-12)18(26)24(22-10-14-5-7-17(29-14)25(27)28)19-23-15-6-4-13(21)9-16(15)30-19/h1-10H/b22-10+. The fourth-order valence-electron chi connectivity index (χ4n) is 2.53. The summed E-state index contributed by atoms with van der Waals surface area (Å²) in [6.45, 7) is 0. The minimum Gasteiger partial charge on any atom is -0.267 e. The number of thiophene rings is 1. The topological polar surface area (TPSA) is 88.7 Å². The highest BCUT2D eigenvalue weighted by Crippen LogP contribution is 2.31. The Bertz CT molecular complexity index is 1300. The minimum atomic E-state index is -0.656. The summed E-state index contributed by atoms with van der Waals surface area (Å²) in [6.07, 6.45) is 1.28. The van der Waals surface area contributed by atoms with Crippen molar-refractivity contribution in [1.82, 2.24) is 4.98 Å². The third kappa shape index (κ3) is 4.07. The van der Waals surface area contributed by atoms with Gasteiger partial charge in [0.2, 0.25) is 5.13 Å². The van der Waals surface area contributed by atoms with E-state index in [1.807, 2.05) is 0 Å². The number of rotatable bonds is 5. The molecule has 0 atom stereocenters. The van der Waals surface area contributed by atoms with Crippen LogP contribution in [0.15, 0.2) is 59.7 Å². The Balaban J connectivity index is 1.75. The van der Waals surface area contributed by atoms with Crippen LogP contribution < -0.4 is 5.01 Å². The first-order chi connectivity index (χ1) is 14.4. The number of fused-ring (bicyclic) bond motifs is 1. The SMILES string of the molecule is O=C(c1cccc(F)c1)N(/N=C/c1ccc([N+](=O)[O-])s1)c1nc2ccc(F)cc2s1. The molecule has 0 saturated carbocycles. The van der Waals surface area contributed by atoms with E-state index in [0.717, 1.165) is 33.7 Å². The van der Waals surface area contributed by atoms with Crippen molar-refractivity contribution in [1.29, 1.82) is 0 Å². The van der Waals surface area contributed by atoms with Crippen molar-refractivity contribution >= 4 is 55.1 Å². The van der Waals surface area contributed by atoms with E-state index in [9.17, 15) is 23.7 Å². The first kappa shape index (κ1) is 19.7. The van der Waals surface area contributed by atoms with Crippen molar-refractivity contribution < 1.29 is 18.5 Å². The highest BCUT2D eigenvalue weighted by Gasteiger charge is 2.22. The van der Waals surface area contributed by atoms with Crippen molar-refractivity contribution in [3.8, 4) is 0 Å². The Morgan fingerprint density at radius 3 is 2.63 bits per heavy atom. The van der Waals surface area contributed by atoms with Crippen LogP contribution in [-0.4, -0.2) is 22.0 Å². The zero-order valence-electron chi connectivity index (χ0n) is 14.9. The molecule has 0 fully saturated rings. The molecule has 30 heavy (non-hydrogen) atoms. The Labute approximate surface area is 175 Å². The molecule has 1 amide bonds. The average Bonchev–Trinajstić information content (AvgIpc) is 3.35. The summed E-state index contributed by atoms with van der Waals surface area (Å²) in [5, 5.41) is 16.0. The Morgan fingerprint density at radius 1 is 1.10 bits per heavy atom. The summed E-state index contributed by atoms with van der Waals surface area (Å²) in [5.74, 6) is -1.70. The molecule has 0 N–H and O–H groups in total. The highest BCUT2D eigenvalue weighted by atomic mass is 32.1. The summed E-state index contributed by atoms with van der Waals surface area (Å²) in [6, 6.07) is 11.9. The van der Waals surface area contributed by atoms with Crippen LogP contribution in [0.4, 0.5) is 18.9 Å². The molecule has 2 aromatic carbocycles. The fourth-order valence-corrected chi connectivity index (χ4v) is 4.17. The van der Waals surface area contributed by atoms with Gasteiger partial charge < -0.3 is 0 Å². The van der Waals surface area contributed by atoms with Gasteiger partial charge in [-0.2, -0.15) is 10.1 Å². The second kappa shape index (κ2) is 8.05. The monoisotopic (exact) mass is 444 g/mol. The molecule has 0 radical (unpaired) electrons. The zero-order chi connectivity index (χ0) is 21.3. The molecule has 7 nitrogen and oxygen atoms in total. The van der Waals surface area contributed by atoms with Crippen LogP contribution in [-0.2, 0) is 0 Å². The van der Waals surface area contributed by atoms with Crippen LogP contribution in [0.5, 0.6) is 0 Å². The molecule has 150 valence electrons. The van der Waals surface area contributed by atoms with Gasteiger partial charge in [0, 0.05) is 11.6 Å². The number of aromatic nitrogens is 1. The molecular formula is C19H10F2N4O3S2. The molecule has 0 aliphatic rings. The van der Waals surface area contributed by atoms with Crippen molar-refractivity contribution in [2.24, 2.45) is 5.10 Å². The minimum absolute atomic E-state index is 0.0368. The number of benzene rings is 2. The van der Waals surface area contributed by atoms with Crippen molar-refractivity contribution in [3.05, 3.63) is 86.8 Å². The molecule has 0 unspecified atom stereocenters. The van der Waals surface area contributed by atoms with Crippen LogP contribution in [0.25, 0.3) is 10.2 Å². The van der Waals surface area contributed by atoms with Gasteiger partial charge in [-0.3, -0.25) is 14.9 Å². The zero-order valence-corrected chi connectivity index (χ0v) is 16.5. The lowest BCUT2D eigenvalue weighted by atomic mass is 10.2. The molecule has 0 aliphatic heterocycles. The van der Waals surface area contributed by atoms with Gasteiger partial charge in [0.05, 0.1) is 26.2 Å². The van der Waals surface area contributed by atoms with Crippen molar-refractivity contribution in [2.75, 3.05) is 5.01 Å². The van der Waals surface area contributed by atoms with E-state index in [2.05, 4.69) is 10.1 Å². The van der Waals surface area contributed by atoms with Gasteiger partial charge in [-0.25, -0.2) is 13.8 Å². The number of nitrogens with zero attached hydrogens (tertiary/aromatic N) is 4. The maximum atomic E-state index is 13.6. The van der Waals surface area contributed by atoms with Gasteiger partial charge in [0.1, 0.15) is 11.6 Å². The number of thiazole rings is 1. The fraction of sp³-hybridized carbons (Fsp3) is 0. The van der Waals surface area contributed by atoms with Crippen LogP contribution in [0.1, 0.15) is 15.2 Å². The van der Waals surface area contributed by atoms with Gasteiger partial charge in [-0.15, -0.1) is 0 Å². The molecule has 4 rings (SSSR count). The second-order valence-electron chi connectivity index (χ2n) is 5.91. The molecule has 4 aromatic rings. The Morgan fingerprint density at radius 2 is 1.90 bits per heavy atom. The highest BCUT2D eigenvalue weighted by molar-refractivity contribution is 7.22. The van der Waals surface area contributed by atoms with Crippen LogP contribution in [0, 0.1) is 21.7 Å². The van der Waals surface area contributed by atoms with Crippen LogP contribution in [0.3, 0.4) is 0 Å². The van der Waals surface area contributed by atoms with E-state index >= 15 is 0 Å². The van der Waals surface area contributed by atoms with E-state index in [1.54, 1.807) is 0 Å². The normalized spacial score (nSPS) is 11.3. The maximum absolute atomic E-state index is 13.6. The van der Waals surface area contributed by atoms with Gasteiger partial charge >= 0.3 is 5.00 Å². The number of carbonyl (C=O) groups is 1. The number of hydrazone groups is 1. The lowest BCUT2D eigenvalue weighted by molar-refractivity contribution is -0.380. The summed E-state index contributed by atoms with van der Waals surface area (Å²) >= 11 is 1.92. The predicted octanol–water partition coefficient (Wildman–Crippen LogP) is 5.23. The molecule has 11 heteroatoms. The van der Waals surface area contributed by atoms with E-state index < -0.39 is 22.5 Å². The van der Waals surface area contributed by atoms with E-state index in [0.29, 0.717) is 15.1 Å². The Hall–Kier alpha value is -3.57. The summed E-state index contributed by atoms with van der Waals surface area (Å²) in [4.78, 5) is 28.1. The number of hydrogen-bond donors (Lipinski definition) is 0. The molecule has 2 heterocycles. The second-order valence-corrected chi connectivity index (χ2v) is 8.02. The van der Waals surface area contributed by atoms with E-state index in [4.69, 9.17) is 0 Å². The third-order valence-corrected chi connectivity index (χ3v) is 5.84. The number of halogens is 2. The number of amides is 1. The number of anilines is 1. The van der Waals surface area contributed by atoms with E-state index in [-0.39, 0.29) is 15.7 Å². The van der Waals surface area contributed by atoms with Crippen molar-refractivity contribution in [2.45, 2.75) is 0 Å². The molecule has 0 aliphatic carbocycles. The first-order valence-electron chi connectivity index (χ1n) is 8.35. The predicted molar refractivity (Wildman–Crippen MR) is 111 cm³/mol.